The number of pyridine rings is 1. The van der Waals surface area contributed by atoms with Gasteiger partial charge in [0.15, 0.2) is 0 Å². The molecule has 1 heterocycles. The lowest BCUT2D eigenvalue weighted by Gasteiger charge is -2.17. The minimum Gasteiger partial charge on any atom is -0.405 e. The molecule has 0 radical (unpaired) electrons. The maximum absolute atomic E-state index is 12.7. The summed E-state index contributed by atoms with van der Waals surface area (Å²) in [6.07, 6.45) is -7.99. The number of alkyl halides is 6. The van der Waals surface area contributed by atoms with Gasteiger partial charge in [-0.2, -0.15) is 5.26 Å². The van der Waals surface area contributed by atoms with Crippen LogP contribution < -0.4 is 4.74 Å². The highest BCUT2D eigenvalue weighted by Gasteiger charge is 2.35. The van der Waals surface area contributed by atoms with E-state index in [0.29, 0.717) is 6.20 Å². The van der Waals surface area contributed by atoms with Crippen molar-refractivity contribution < 1.29 is 26.7 Å². The normalized spacial score (nSPS) is 11.5. The van der Waals surface area contributed by atoms with E-state index in [2.05, 4.69) is 25.7 Å². The lowest BCUT2D eigenvalue weighted by molar-refractivity contribution is -0.275. The highest BCUT2D eigenvalue weighted by Crippen LogP contribution is 2.37. The molecule has 1 aromatic heterocycles. The average molecular weight is 345 g/mol. The van der Waals surface area contributed by atoms with Crippen molar-refractivity contribution in [1.82, 2.24) is 4.98 Å². The zero-order chi connectivity index (χ0) is 14.6. The highest BCUT2D eigenvalue weighted by molar-refractivity contribution is 9.08. The molecule has 104 valence electrons. The summed E-state index contributed by atoms with van der Waals surface area (Å²) in [6.45, 7) is 0. The van der Waals surface area contributed by atoms with Gasteiger partial charge < -0.3 is 4.74 Å². The van der Waals surface area contributed by atoms with Crippen molar-refractivity contribution in [3.8, 4) is 11.8 Å². The van der Waals surface area contributed by atoms with Crippen LogP contribution in [-0.2, 0) is 11.8 Å². The van der Waals surface area contributed by atoms with E-state index in [1.165, 1.54) is 0 Å². The Balaban J connectivity index is 3.42. The van der Waals surface area contributed by atoms with Crippen LogP contribution in [0.25, 0.3) is 0 Å². The van der Waals surface area contributed by atoms with E-state index < -0.39 is 24.1 Å². The van der Waals surface area contributed by atoms with Gasteiger partial charge in [0.1, 0.15) is 5.75 Å². The number of ether oxygens (including phenoxy) is 1. The van der Waals surface area contributed by atoms with Crippen LogP contribution in [0.5, 0.6) is 5.75 Å². The number of hydrogen-bond acceptors (Lipinski definition) is 3. The monoisotopic (exact) mass is 344 g/mol. The molecule has 0 saturated heterocycles. The average Bonchev–Trinajstić information content (AvgIpc) is 2.27. The molecule has 9 heteroatoms. The largest absolute Gasteiger partial charge is 0.573 e. The maximum Gasteiger partial charge on any atom is 0.573 e. The van der Waals surface area contributed by atoms with Crippen LogP contribution >= 0.6 is 15.9 Å². The first-order valence-electron chi connectivity index (χ1n) is 4.77. The van der Waals surface area contributed by atoms with Gasteiger partial charge in [-0.3, -0.25) is 4.98 Å². The number of aromatic nitrogens is 1. The Morgan fingerprint density at radius 2 is 2.05 bits per heavy atom. The zero-order valence-electron chi connectivity index (χ0n) is 9.14. The lowest BCUT2D eigenvalue weighted by atomic mass is 10.1. The molecule has 0 aromatic carbocycles. The molecule has 0 aliphatic carbocycles. The van der Waals surface area contributed by atoms with Gasteiger partial charge in [0.2, 0.25) is 0 Å². The summed E-state index contributed by atoms with van der Waals surface area (Å²) >= 11 is 2.88. The Hall–Kier alpha value is -1.43. The molecule has 0 amide bonds. The summed E-state index contributed by atoms with van der Waals surface area (Å²) in [5.41, 5.74) is -1.21. The van der Waals surface area contributed by atoms with Crippen molar-refractivity contribution in [1.29, 1.82) is 5.26 Å². The highest BCUT2D eigenvalue weighted by atomic mass is 79.9. The molecule has 0 unspecified atom stereocenters. The van der Waals surface area contributed by atoms with Gasteiger partial charge in [0, 0.05) is 17.1 Å². The summed E-state index contributed by atoms with van der Waals surface area (Å²) < 4.78 is 65.7. The van der Waals surface area contributed by atoms with E-state index >= 15 is 0 Å². The topological polar surface area (TPSA) is 45.9 Å². The van der Waals surface area contributed by atoms with E-state index in [0.717, 1.165) is 0 Å². The van der Waals surface area contributed by atoms with E-state index in [9.17, 15) is 22.0 Å². The Labute approximate surface area is 113 Å². The van der Waals surface area contributed by atoms with Crippen LogP contribution in [0.1, 0.15) is 23.2 Å². The van der Waals surface area contributed by atoms with E-state index in [-0.39, 0.29) is 23.0 Å². The van der Waals surface area contributed by atoms with Crippen molar-refractivity contribution in [2.24, 2.45) is 0 Å². The summed E-state index contributed by atoms with van der Waals surface area (Å²) in [5, 5.41) is 8.33. The first kappa shape index (κ1) is 15.6. The molecular formula is C10H6BrF5N2O. The van der Waals surface area contributed by atoms with Gasteiger partial charge in [-0.25, -0.2) is 8.78 Å². The minimum absolute atomic E-state index is 0.0389. The molecule has 0 spiro atoms. The second kappa shape index (κ2) is 6.14. The summed E-state index contributed by atoms with van der Waals surface area (Å²) in [7, 11) is 0. The van der Waals surface area contributed by atoms with E-state index in [1.54, 1.807) is 6.07 Å². The van der Waals surface area contributed by atoms with Crippen LogP contribution in [0.3, 0.4) is 0 Å². The molecule has 19 heavy (non-hydrogen) atoms. The van der Waals surface area contributed by atoms with Crippen LogP contribution in [0.4, 0.5) is 22.0 Å². The Bertz CT molecular complexity index is 498. The number of nitrogens with zero attached hydrogens (tertiary/aromatic N) is 2. The summed E-state index contributed by atoms with van der Waals surface area (Å²) in [5.74, 6) is -1.00. The Kier molecular flexibility index (Phi) is 5.05. The molecule has 0 fully saturated rings. The van der Waals surface area contributed by atoms with Crippen molar-refractivity contribution in [2.45, 2.75) is 24.5 Å². The van der Waals surface area contributed by atoms with Crippen LogP contribution in [0, 0.1) is 11.3 Å². The van der Waals surface area contributed by atoms with Gasteiger partial charge in [-0.1, -0.05) is 15.9 Å². The zero-order valence-corrected chi connectivity index (χ0v) is 10.7. The van der Waals surface area contributed by atoms with Crippen molar-refractivity contribution in [3.05, 3.63) is 23.0 Å². The molecule has 3 nitrogen and oxygen atoms in total. The standard InChI is InChI=1S/C10H6BrF5N2O/c11-3-5-7(1-2-17)18-4-6(9(12)13)8(5)19-10(14,15)16/h4,9H,1,3H2. The molecule has 1 aromatic rings. The third-order valence-electron chi connectivity index (χ3n) is 2.08. The lowest BCUT2D eigenvalue weighted by Crippen LogP contribution is -2.20. The Morgan fingerprint density at radius 1 is 1.42 bits per heavy atom. The predicted octanol–water partition coefficient (Wildman–Crippen LogP) is 3.88. The summed E-state index contributed by atoms with van der Waals surface area (Å²) in [4.78, 5) is 3.57. The number of nitriles is 1. The fourth-order valence-corrected chi connectivity index (χ4v) is 1.92. The number of rotatable bonds is 4. The van der Waals surface area contributed by atoms with Crippen molar-refractivity contribution in [3.63, 3.8) is 0 Å². The molecule has 0 saturated carbocycles. The first-order chi connectivity index (χ1) is 8.80. The molecule has 0 atom stereocenters. The smallest absolute Gasteiger partial charge is 0.405 e. The SMILES string of the molecule is N#CCc1ncc(C(F)F)c(OC(F)(F)F)c1CBr. The van der Waals surface area contributed by atoms with E-state index in [1.807, 2.05) is 0 Å². The third kappa shape index (κ3) is 4.02. The van der Waals surface area contributed by atoms with Gasteiger partial charge >= 0.3 is 6.36 Å². The number of halogens is 6. The van der Waals surface area contributed by atoms with Gasteiger partial charge in [-0.15, -0.1) is 13.2 Å². The van der Waals surface area contributed by atoms with E-state index in [4.69, 9.17) is 5.26 Å². The van der Waals surface area contributed by atoms with Crippen molar-refractivity contribution >= 4 is 15.9 Å². The van der Waals surface area contributed by atoms with Gasteiger partial charge in [-0.05, 0) is 0 Å². The first-order valence-corrected chi connectivity index (χ1v) is 5.89. The number of hydrogen-bond donors (Lipinski definition) is 0. The molecule has 0 aliphatic heterocycles. The molecular weight excluding hydrogens is 339 g/mol. The van der Waals surface area contributed by atoms with Crippen LogP contribution in [0.2, 0.25) is 0 Å². The van der Waals surface area contributed by atoms with Gasteiger partial charge in [0.05, 0.1) is 23.7 Å². The molecule has 0 N–H and O–H groups in total. The fourth-order valence-electron chi connectivity index (χ4n) is 1.35. The third-order valence-corrected chi connectivity index (χ3v) is 2.64. The fraction of sp³-hybridized carbons (Fsp3) is 0.400. The minimum atomic E-state index is -5.11. The quantitative estimate of drug-likeness (QED) is 0.615. The Morgan fingerprint density at radius 3 is 2.47 bits per heavy atom. The second-order valence-electron chi connectivity index (χ2n) is 3.28. The van der Waals surface area contributed by atoms with Crippen molar-refractivity contribution in [2.75, 3.05) is 0 Å². The molecule has 0 aliphatic rings. The summed E-state index contributed by atoms with van der Waals surface area (Å²) in [6, 6.07) is 1.69. The maximum atomic E-state index is 12.7. The van der Waals surface area contributed by atoms with Crippen LogP contribution in [-0.4, -0.2) is 11.3 Å². The molecule has 0 bridgehead atoms. The second-order valence-corrected chi connectivity index (χ2v) is 3.85. The van der Waals surface area contributed by atoms with Gasteiger partial charge in [0.25, 0.3) is 6.43 Å². The predicted molar refractivity (Wildman–Crippen MR) is 57.8 cm³/mol. The van der Waals surface area contributed by atoms with Crippen LogP contribution in [0.15, 0.2) is 6.20 Å². The molecule has 1 rings (SSSR count).